The van der Waals surface area contributed by atoms with Crippen molar-refractivity contribution in [1.82, 2.24) is 15.0 Å². The SMILES string of the molecule is COc1ccc(-c2nc(COC(=O)CN(C)c3ncccn3)cs2)cc1. The maximum atomic E-state index is 12.0. The lowest BCUT2D eigenvalue weighted by Crippen LogP contribution is -2.28. The van der Waals surface area contributed by atoms with Gasteiger partial charge in [0.05, 0.1) is 12.8 Å². The zero-order valence-corrected chi connectivity index (χ0v) is 15.3. The third-order valence-electron chi connectivity index (χ3n) is 3.53. The number of carbonyl (C=O) groups is 1. The van der Waals surface area contributed by atoms with E-state index in [2.05, 4.69) is 15.0 Å². The molecule has 3 aromatic rings. The van der Waals surface area contributed by atoms with E-state index in [0.29, 0.717) is 11.6 Å². The van der Waals surface area contributed by atoms with Crippen LogP contribution in [0.3, 0.4) is 0 Å². The molecule has 0 fully saturated rings. The van der Waals surface area contributed by atoms with Crippen molar-refractivity contribution in [3.8, 4) is 16.3 Å². The van der Waals surface area contributed by atoms with Gasteiger partial charge in [0, 0.05) is 30.4 Å². The van der Waals surface area contributed by atoms with Crippen LogP contribution in [-0.4, -0.2) is 41.6 Å². The number of anilines is 1. The van der Waals surface area contributed by atoms with Crippen LogP contribution < -0.4 is 9.64 Å². The average molecular weight is 370 g/mol. The van der Waals surface area contributed by atoms with E-state index >= 15 is 0 Å². The van der Waals surface area contributed by atoms with Gasteiger partial charge in [-0.3, -0.25) is 4.79 Å². The van der Waals surface area contributed by atoms with Crippen LogP contribution in [0, 0.1) is 0 Å². The zero-order valence-electron chi connectivity index (χ0n) is 14.5. The minimum atomic E-state index is -0.362. The highest BCUT2D eigenvalue weighted by Crippen LogP contribution is 2.25. The molecule has 2 heterocycles. The fraction of sp³-hybridized carbons (Fsp3) is 0.222. The Kier molecular flexibility index (Phi) is 5.75. The topological polar surface area (TPSA) is 77.4 Å². The fourth-order valence-electron chi connectivity index (χ4n) is 2.19. The number of likely N-dealkylation sites (N-methyl/N-ethyl adjacent to an activating group) is 1. The van der Waals surface area contributed by atoms with Crippen LogP contribution in [-0.2, 0) is 16.1 Å². The average Bonchev–Trinajstić information content (AvgIpc) is 3.16. The number of ether oxygens (including phenoxy) is 2. The Morgan fingerprint density at radius 3 is 2.62 bits per heavy atom. The van der Waals surface area contributed by atoms with E-state index < -0.39 is 0 Å². The Labute approximate surface area is 155 Å². The van der Waals surface area contributed by atoms with Crippen molar-refractivity contribution in [2.75, 3.05) is 25.6 Å². The standard InChI is InChI=1S/C18H18N4O3S/c1-22(18-19-8-3-9-20-18)10-16(23)25-11-14-12-26-17(21-14)13-4-6-15(24-2)7-5-13/h3-9,12H,10-11H2,1-2H3. The smallest absolute Gasteiger partial charge is 0.326 e. The van der Waals surface area contributed by atoms with E-state index in [1.54, 1.807) is 37.5 Å². The van der Waals surface area contributed by atoms with Crippen LogP contribution >= 0.6 is 11.3 Å². The van der Waals surface area contributed by atoms with Gasteiger partial charge in [-0.15, -0.1) is 11.3 Å². The molecule has 1 aromatic carbocycles. The Bertz CT molecular complexity index is 852. The van der Waals surface area contributed by atoms with Crippen LogP contribution in [0.5, 0.6) is 5.75 Å². The molecule has 2 aromatic heterocycles. The maximum absolute atomic E-state index is 12.0. The van der Waals surface area contributed by atoms with Crippen molar-refractivity contribution in [3.05, 3.63) is 53.8 Å². The number of hydrogen-bond acceptors (Lipinski definition) is 8. The summed E-state index contributed by atoms with van der Waals surface area (Å²) in [5, 5.41) is 2.75. The lowest BCUT2D eigenvalue weighted by molar-refractivity contribution is -0.143. The molecule has 0 radical (unpaired) electrons. The summed E-state index contributed by atoms with van der Waals surface area (Å²) < 4.78 is 10.4. The summed E-state index contributed by atoms with van der Waals surface area (Å²) in [5.41, 5.74) is 1.71. The number of benzene rings is 1. The van der Waals surface area contributed by atoms with Gasteiger partial charge in [0.2, 0.25) is 5.95 Å². The third kappa shape index (κ3) is 4.54. The normalized spacial score (nSPS) is 10.4. The summed E-state index contributed by atoms with van der Waals surface area (Å²) in [4.78, 5) is 26.3. The molecule has 0 amide bonds. The second kappa shape index (κ2) is 8.39. The Hall–Kier alpha value is -3.00. The van der Waals surface area contributed by atoms with Crippen LogP contribution in [0.15, 0.2) is 48.1 Å². The molecule has 7 nitrogen and oxygen atoms in total. The summed E-state index contributed by atoms with van der Waals surface area (Å²) in [6.07, 6.45) is 3.25. The number of methoxy groups -OCH3 is 1. The minimum Gasteiger partial charge on any atom is -0.497 e. The summed E-state index contributed by atoms with van der Waals surface area (Å²) in [6.45, 7) is 0.203. The van der Waals surface area contributed by atoms with Gasteiger partial charge < -0.3 is 14.4 Å². The van der Waals surface area contributed by atoms with E-state index in [0.717, 1.165) is 16.3 Å². The molecule has 0 saturated carbocycles. The van der Waals surface area contributed by atoms with E-state index in [-0.39, 0.29) is 19.1 Å². The second-order valence-electron chi connectivity index (χ2n) is 5.44. The van der Waals surface area contributed by atoms with Gasteiger partial charge in [-0.05, 0) is 30.3 Å². The number of hydrogen-bond donors (Lipinski definition) is 0. The lowest BCUT2D eigenvalue weighted by Gasteiger charge is -2.15. The molecule has 0 spiro atoms. The molecule has 8 heteroatoms. The van der Waals surface area contributed by atoms with Gasteiger partial charge in [-0.2, -0.15) is 0 Å². The molecule has 0 N–H and O–H groups in total. The molecule has 0 aliphatic heterocycles. The third-order valence-corrected chi connectivity index (χ3v) is 4.47. The van der Waals surface area contributed by atoms with Crippen molar-refractivity contribution in [2.24, 2.45) is 0 Å². The molecule has 0 aliphatic carbocycles. The van der Waals surface area contributed by atoms with E-state index in [1.807, 2.05) is 29.6 Å². The maximum Gasteiger partial charge on any atom is 0.326 e. The van der Waals surface area contributed by atoms with Crippen LogP contribution in [0.25, 0.3) is 10.6 Å². The molecule has 0 atom stereocenters. The van der Waals surface area contributed by atoms with Crippen LogP contribution in [0.4, 0.5) is 5.95 Å². The van der Waals surface area contributed by atoms with Crippen LogP contribution in [0.1, 0.15) is 5.69 Å². The van der Waals surface area contributed by atoms with Gasteiger partial charge in [-0.25, -0.2) is 15.0 Å². The number of esters is 1. The molecule has 0 saturated heterocycles. The van der Waals surface area contributed by atoms with Crippen molar-refractivity contribution in [1.29, 1.82) is 0 Å². The molecule has 26 heavy (non-hydrogen) atoms. The summed E-state index contributed by atoms with van der Waals surface area (Å²) in [7, 11) is 3.37. The fourth-order valence-corrected chi connectivity index (χ4v) is 3.00. The molecular formula is C18H18N4O3S. The Morgan fingerprint density at radius 2 is 1.92 bits per heavy atom. The van der Waals surface area contributed by atoms with Gasteiger partial charge in [0.25, 0.3) is 0 Å². The number of thiazole rings is 1. The van der Waals surface area contributed by atoms with Crippen molar-refractivity contribution in [2.45, 2.75) is 6.61 Å². The number of nitrogens with zero attached hydrogens (tertiary/aromatic N) is 4. The van der Waals surface area contributed by atoms with Crippen molar-refractivity contribution < 1.29 is 14.3 Å². The highest BCUT2D eigenvalue weighted by atomic mass is 32.1. The first kappa shape index (κ1) is 17.8. The van der Waals surface area contributed by atoms with Crippen molar-refractivity contribution >= 4 is 23.3 Å². The number of carbonyl (C=O) groups excluding carboxylic acids is 1. The van der Waals surface area contributed by atoms with Crippen LogP contribution in [0.2, 0.25) is 0 Å². The minimum absolute atomic E-state index is 0.0689. The van der Waals surface area contributed by atoms with Crippen molar-refractivity contribution in [3.63, 3.8) is 0 Å². The lowest BCUT2D eigenvalue weighted by atomic mass is 10.2. The molecule has 0 unspecified atom stereocenters. The largest absolute Gasteiger partial charge is 0.497 e. The first-order valence-corrected chi connectivity index (χ1v) is 8.76. The predicted molar refractivity (Wildman–Crippen MR) is 99.2 cm³/mol. The Balaban J connectivity index is 1.53. The monoisotopic (exact) mass is 370 g/mol. The second-order valence-corrected chi connectivity index (χ2v) is 6.30. The number of rotatable bonds is 7. The number of aromatic nitrogens is 3. The van der Waals surface area contributed by atoms with Gasteiger partial charge in [0.15, 0.2) is 0 Å². The highest BCUT2D eigenvalue weighted by molar-refractivity contribution is 7.13. The molecule has 134 valence electrons. The van der Waals surface area contributed by atoms with E-state index in [1.165, 1.54) is 11.3 Å². The van der Waals surface area contributed by atoms with Gasteiger partial charge >= 0.3 is 5.97 Å². The zero-order chi connectivity index (χ0) is 18.4. The van der Waals surface area contributed by atoms with Gasteiger partial charge in [0.1, 0.15) is 23.9 Å². The summed E-state index contributed by atoms with van der Waals surface area (Å²) in [5.74, 6) is 0.907. The first-order chi connectivity index (χ1) is 12.7. The van der Waals surface area contributed by atoms with Gasteiger partial charge in [-0.1, -0.05) is 0 Å². The van der Waals surface area contributed by atoms with E-state index in [9.17, 15) is 4.79 Å². The quantitative estimate of drug-likeness (QED) is 0.592. The predicted octanol–water partition coefficient (Wildman–Crippen LogP) is 2.79. The Morgan fingerprint density at radius 1 is 1.19 bits per heavy atom. The van der Waals surface area contributed by atoms with E-state index in [4.69, 9.17) is 9.47 Å². The molecule has 3 rings (SSSR count). The molecule has 0 aliphatic rings. The summed E-state index contributed by atoms with van der Waals surface area (Å²) >= 11 is 1.50. The first-order valence-electron chi connectivity index (χ1n) is 7.88. The summed E-state index contributed by atoms with van der Waals surface area (Å²) in [6, 6.07) is 9.39. The molecule has 0 bridgehead atoms. The molecular weight excluding hydrogens is 352 g/mol. The highest BCUT2D eigenvalue weighted by Gasteiger charge is 2.12.